The first-order chi connectivity index (χ1) is 8.12. The minimum Gasteiger partial charge on any atom is -0.323 e. The topological polar surface area (TPSA) is 55.1 Å². The van der Waals surface area contributed by atoms with Crippen LogP contribution in [0.2, 0.25) is 5.02 Å². The highest BCUT2D eigenvalue weighted by Crippen LogP contribution is 2.28. The molecule has 0 unspecified atom stereocenters. The second kappa shape index (κ2) is 5.07. The van der Waals surface area contributed by atoms with E-state index in [2.05, 4.69) is 5.32 Å². The van der Waals surface area contributed by atoms with Crippen LogP contribution in [0.4, 0.5) is 5.69 Å². The molecule has 3 nitrogen and oxygen atoms in total. The first kappa shape index (κ1) is 12.4. The normalized spacial score (nSPS) is 18.7. The van der Waals surface area contributed by atoms with Gasteiger partial charge in [-0.05, 0) is 25.0 Å². The smallest absolute Gasteiger partial charge is 0.244 e. The van der Waals surface area contributed by atoms with Gasteiger partial charge >= 0.3 is 0 Å². The number of para-hydroxylation sites is 1. The highest BCUT2D eigenvalue weighted by molar-refractivity contribution is 6.33. The van der Waals surface area contributed by atoms with Crippen molar-refractivity contribution in [1.82, 2.24) is 0 Å². The van der Waals surface area contributed by atoms with Gasteiger partial charge in [0.25, 0.3) is 0 Å². The van der Waals surface area contributed by atoms with Crippen molar-refractivity contribution in [3.8, 4) is 0 Å². The number of benzene rings is 1. The molecule has 4 heteroatoms. The second-order valence-corrected chi connectivity index (χ2v) is 5.06. The standard InChI is InChI=1S/C13H17ClN2O/c14-10-6-2-3-7-11(10)16-12(17)13(15)8-4-1-5-9-13/h2-3,6-7H,1,4-5,8-9,15H2,(H,16,17). The third-order valence-corrected chi connectivity index (χ3v) is 3.65. The predicted molar refractivity (Wildman–Crippen MR) is 70.1 cm³/mol. The first-order valence-electron chi connectivity index (χ1n) is 5.97. The van der Waals surface area contributed by atoms with E-state index in [0.29, 0.717) is 10.7 Å². The molecular formula is C13H17ClN2O. The van der Waals surface area contributed by atoms with Crippen molar-refractivity contribution in [2.45, 2.75) is 37.6 Å². The Kier molecular flexibility index (Phi) is 3.69. The SMILES string of the molecule is NC1(C(=O)Nc2ccccc2Cl)CCCCC1. The number of anilines is 1. The maximum absolute atomic E-state index is 12.1. The third kappa shape index (κ3) is 2.79. The maximum atomic E-state index is 12.1. The molecule has 0 aromatic heterocycles. The Morgan fingerprint density at radius 3 is 2.53 bits per heavy atom. The van der Waals surface area contributed by atoms with Crippen molar-refractivity contribution in [3.05, 3.63) is 29.3 Å². The second-order valence-electron chi connectivity index (χ2n) is 4.65. The van der Waals surface area contributed by atoms with E-state index in [4.69, 9.17) is 17.3 Å². The molecule has 0 spiro atoms. The fourth-order valence-corrected chi connectivity index (χ4v) is 2.40. The zero-order valence-electron chi connectivity index (χ0n) is 9.71. The van der Waals surface area contributed by atoms with Gasteiger partial charge in [0.05, 0.1) is 16.2 Å². The molecule has 0 heterocycles. The van der Waals surface area contributed by atoms with E-state index in [9.17, 15) is 4.79 Å². The average Bonchev–Trinajstić information content (AvgIpc) is 2.33. The zero-order chi connectivity index (χ0) is 12.3. The Hall–Kier alpha value is -1.06. The largest absolute Gasteiger partial charge is 0.323 e. The van der Waals surface area contributed by atoms with Gasteiger partial charge in [-0.3, -0.25) is 4.79 Å². The minimum atomic E-state index is -0.725. The number of hydrogen-bond donors (Lipinski definition) is 2. The van der Waals surface area contributed by atoms with E-state index in [1.165, 1.54) is 6.42 Å². The van der Waals surface area contributed by atoms with Gasteiger partial charge in [0.1, 0.15) is 0 Å². The average molecular weight is 253 g/mol. The van der Waals surface area contributed by atoms with Gasteiger partial charge in [-0.25, -0.2) is 0 Å². The van der Waals surface area contributed by atoms with Crippen molar-refractivity contribution in [1.29, 1.82) is 0 Å². The van der Waals surface area contributed by atoms with E-state index in [1.807, 2.05) is 12.1 Å². The van der Waals surface area contributed by atoms with Crippen LogP contribution in [0.5, 0.6) is 0 Å². The van der Waals surface area contributed by atoms with Crippen LogP contribution < -0.4 is 11.1 Å². The Morgan fingerprint density at radius 1 is 1.24 bits per heavy atom. The molecule has 1 fully saturated rings. The lowest BCUT2D eigenvalue weighted by Gasteiger charge is -2.31. The van der Waals surface area contributed by atoms with Gasteiger partial charge in [-0.15, -0.1) is 0 Å². The zero-order valence-corrected chi connectivity index (χ0v) is 10.5. The number of hydrogen-bond acceptors (Lipinski definition) is 2. The maximum Gasteiger partial charge on any atom is 0.244 e. The summed E-state index contributed by atoms with van der Waals surface area (Å²) in [5, 5.41) is 3.37. The highest BCUT2D eigenvalue weighted by atomic mass is 35.5. The third-order valence-electron chi connectivity index (χ3n) is 3.32. The molecular weight excluding hydrogens is 236 g/mol. The summed E-state index contributed by atoms with van der Waals surface area (Å²) in [4.78, 5) is 12.1. The number of nitrogens with one attached hydrogen (secondary N) is 1. The number of carbonyl (C=O) groups is 1. The molecule has 0 saturated heterocycles. The highest BCUT2D eigenvalue weighted by Gasteiger charge is 2.35. The molecule has 2 rings (SSSR count). The number of rotatable bonds is 2. The molecule has 0 radical (unpaired) electrons. The van der Waals surface area contributed by atoms with Crippen LogP contribution in [0.25, 0.3) is 0 Å². The van der Waals surface area contributed by atoms with Crippen molar-refractivity contribution in [2.24, 2.45) is 5.73 Å². The molecule has 1 aromatic rings. The molecule has 1 aromatic carbocycles. The fraction of sp³-hybridized carbons (Fsp3) is 0.462. The van der Waals surface area contributed by atoms with E-state index < -0.39 is 5.54 Å². The molecule has 17 heavy (non-hydrogen) atoms. The van der Waals surface area contributed by atoms with Crippen LogP contribution in [-0.2, 0) is 4.79 Å². The van der Waals surface area contributed by atoms with Crippen LogP contribution in [0.3, 0.4) is 0 Å². The molecule has 92 valence electrons. The molecule has 1 aliphatic carbocycles. The molecule has 0 bridgehead atoms. The van der Waals surface area contributed by atoms with Crippen molar-refractivity contribution >= 4 is 23.2 Å². The fourth-order valence-electron chi connectivity index (χ4n) is 2.22. The Bertz CT molecular complexity index is 414. The van der Waals surface area contributed by atoms with Crippen LogP contribution in [0.15, 0.2) is 24.3 Å². The first-order valence-corrected chi connectivity index (χ1v) is 6.34. The van der Waals surface area contributed by atoms with Crippen molar-refractivity contribution in [2.75, 3.05) is 5.32 Å². The van der Waals surface area contributed by atoms with Crippen molar-refractivity contribution in [3.63, 3.8) is 0 Å². The molecule has 1 aliphatic rings. The van der Waals surface area contributed by atoms with E-state index >= 15 is 0 Å². The summed E-state index contributed by atoms with van der Waals surface area (Å²) in [5.41, 5.74) is 6.05. The molecule has 0 aliphatic heterocycles. The monoisotopic (exact) mass is 252 g/mol. The quantitative estimate of drug-likeness (QED) is 0.850. The lowest BCUT2D eigenvalue weighted by atomic mass is 9.82. The summed E-state index contributed by atoms with van der Waals surface area (Å²) in [6, 6.07) is 7.20. The van der Waals surface area contributed by atoms with E-state index in [-0.39, 0.29) is 5.91 Å². The van der Waals surface area contributed by atoms with E-state index in [1.54, 1.807) is 12.1 Å². The van der Waals surface area contributed by atoms with E-state index in [0.717, 1.165) is 25.7 Å². The molecule has 1 amide bonds. The number of halogens is 1. The number of carbonyl (C=O) groups excluding carboxylic acids is 1. The Balaban J connectivity index is 2.08. The van der Waals surface area contributed by atoms with Gasteiger partial charge in [0.2, 0.25) is 5.91 Å². The van der Waals surface area contributed by atoms with Gasteiger partial charge in [-0.2, -0.15) is 0 Å². The lowest BCUT2D eigenvalue weighted by molar-refractivity contribution is -0.122. The summed E-state index contributed by atoms with van der Waals surface area (Å²) >= 11 is 6.00. The summed E-state index contributed by atoms with van der Waals surface area (Å²) < 4.78 is 0. The van der Waals surface area contributed by atoms with Crippen LogP contribution in [-0.4, -0.2) is 11.4 Å². The van der Waals surface area contributed by atoms with Crippen LogP contribution in [0, 0.1) is 0 Å². The predicted octanol–water partition coefficient (Wildman–Crippen LogP) is 2.94. The molecule has 3 N–H and O–H groups in total. The van der Waals surface area contributed by atoms with Gasteiger partial charge in [0.15, 0.2) is 0 Å². The number of amides is 1. The summed E-state index contributed by atoms with van der Waals surface area (Å²) in [7, 11) is 0. The minimum absolute atomic E-state index is 0.120. The van der Waals surface area contributed by atoms with Crippen molar-refractivity contribution < 1.29 is 4.79 Å². The molecule has 1 saturated carbocycles. The summed E-state index contributed by atoms with van der Waals surface area (Å²) in [6.07, 6.45) is 4.71. The lowest BCUT2D eigenvalue weighted by Crippen LogP contribution is -2.52. The van der Waals surface area contributed by atoms with Crippen LogP contribution in [0.1, 0.15) is 32.1 Å². The Morgan fingerprint density at radius 2 is 1.88 bits per heavy atom. The molecule has 0 atom stereocenters. The van der Waals surface area contributed by atoms with Gasteiger partial charge in [0, 0.05) is 0 Å². The number of nitrogens with two attached hydrogens (primary N) is 1. The van der Waals surface area contributed by atoms with Gasteiger partial charge in [-0.1, -0.05) is 43.0 Å². The summed E-state index contributed by atoms with van der Waals surface area (Å²) in [5.74, 6) is -0.120. The Labute approximate surface area is 106 Å². The van der Waals surface area contributed by atoms with Gasteiger partial charge < -0.3 is 11.1 Å². The van der Waals surface area contributed by atoms with Crippen LogP contribution >= 0.6 is 11.6 Å². The summed E-state index contributed by atoms with van der Waals surface area (Å²) in [6.45, 7) is 0.